The minimum Gasteiger partial charge on any atom is -0.497 e. The molecule has 4 atom stereocenters. The van der Waals surface area contributed by atoms with Crippen molar-refractivity contribution in [3.63, 3.8) is 0 Å². The van der Waals surface area contributed by atoms with Gasteiger partial charge in [-0.1, -0.05) is 78.9 Å². The molecular weight excluding hydrogens is 428 g/mol. The zero-order valence-electron chi connectivity index (χ0n) is 18.6. The van der Waals surface area contributed by atoms with E-state index in [-0.39, 0.29) is 11.8 Å². The number of methoxy groups -OCH3 is 1. The van der Waals surface area contributed by atoms with Gasteiger partial charge in [-0.05, 0) is 29.3 Å². The minimum absolute atomic E-state index is 0.263. The van der Waals surface area contributed by atoms with E-state index in [4.69, 9.17) is 4.74 Å². The molecule has 3 amide bonds. The monoisotopic (exact) mass is 452 g/mol. The molecular formula is C28H24N2O4. The Morgan fingerprint density at radius 3 is 1.79 bits per heavy atom. The van der Waals surface area contributed by atoms with Crippen molar-refractivity contribution in [2.24, 2.45) is 11.8 Å². The van der Waals surface area contributed by atoms with Crippen LogP contribution in [0.5, 0.6) is 5.75 Å². The first-order valence-electron chi connectivity index (χ1n) is 11.2. The summed E-state index contributed by atoms with van der Waals surface area (Å²) in [5, 5.41) is 0.913. The number of hydrazine groups is 1. The van der Waals surface area contributed by atoms with Gasteiger partial charge in [-0.15, -0.1) is 0 Å². The van der Waals surface area contributed by atoms with Crippen LogP contribution in [0.15, 0.2) is 97.1 Å². The second-order valence-corrected chi connectivity index (χ2v) is 8.49. The highest BCUT2D eigenvalue weighted by Crippen LogP contribution is 2.48. The van der Waals surface area contributed by atoms with E-state index in [1.54, 1.807) is 24.3 Å². The number of fused-ring (bicyclic) bond motifs is 1. The number of ether oxygens (including phenoxy) is 1. The summed E-state index contributed by atoms with van der Waals surface area (Å²) in [6.07, 6.45) is 4.04. The Balaban J connectivity index is 1.50. The third kappa shape index (κ3) is 3.77. The molecule has 0 spiro atoms. The van der Waals surface area contributed by atoms with Crippen LogP contribution in [0.3, 0.4) is 0 Å². The van der Waals surface area contributed by atoms with E-state index in [0.717, 1.165) is 16.1 Å². The maximum Gasteiger partial charge on any atom is 0.270 e. The summed E-state index contributed by atoms with van der Waals surface area (Å²) in [5.41, 5.74) is 4.78. The fourth-order valence-corrected chi connectivity index (χ4v) is 4.97. The molecule has 6 heteroatoms. The molecule has 1 fully saturated rings. The number of hydrogen-bond acceptors (Lipinski definition) is 4. The maximum absolute atomic E-state index is 13.6. The van der Waals surface area contributed by atoms with Crippen molar-refractivity contribution in [2.75, 3.05) is 7.11 Å². The van der Waals surface area contributed by atoms with Gasteiger partial charge in [0.2, 0.25) is 0 Å². The topological polar surface area (TPSA) is 75.7 Å². The fraction of sp³-hybridized carbons (Fsp3) is 0.179. The van der Waals surface area contributed by atoms with Crippen molar-refractivity contribution < 1.29 is 19.1 Å². The van der Waals surface area contributed by atoms with Gasteiger partial charge in [0.1, 0.15) is 5.75 Å². The summed E-state index contributed by atoms with van der Waals surface area (Å²) >= 11 is 0. The zero-order chi connectivity index (χ0) is 23.7. The second-order valence-electron chi connectivity index (χ2n) is 8.49. The molecule has 0 bridgehead atoms. The number of nitrogens with zero attached hydrogens (tertiary/aromatic N) is 1. The molecule has 1 aliphatic carbocycles. The van der Waals surface area contributed by atoms with Gasteiger partial charge in [0, 0.05) is 17.4 Å². The standard InChI is InChI=1S/C28H24N2O4/c1-34-21-14-8-13-20(17-21)26(31)29-30-27(32)24-22(18-9-4-2-5-10-18)15-16-23(25(24)28(30)33)19-11-6-3-7-12-19/h2-17,22-25H,1H3,(H,29,31)/t22-,23-,24-,25+/m0/s1. The third-order valence-corrected chi connectivity index (χ3v) is 6.61. The SMILES string of the molecule is COc1cccc(C(=O)NN2C(=O)[C@@H]3[C@H](C2=O)[C@H](c2ccccc2)C=C[C@H]3c2ccccc2)c1. The number of nitrogens with one attached hydrogen (secondary N) is 1. The van der Waals surface area contributed by atoms with Crippen LogP contribution in [0.4, 0.5) is 0 Å². The molecule has 1 aliphatic heterocycles. The largest absolute Gasteiger partial charge is 0.497 e. The van der Waals surface area contributed by atoms with Gasteiger partial charge in [-0.2, -0.15) is 5.01 Å². The van der Waals surface area contributed by atoms with Crippen LogP contribution in [0, 0.1) is 11.8 Å². The number of allylic oxidation sites excluding steroid dienone is 2. The molecule has 5 rings (SSSR count). The summed E-state index contributed by atoms with van der Waals surface area (Å²) in [5.74, 6) is -2.58. The van der Waals surface area contributed by atoms with Crippen LogP contribution in [-0.4, -0.2) is 29.8 Å². The van der Waals surface area contributed by atoms with Crippen molar-refractivity contribution in [3.8, 4) is 5.75 Å². The first-order valence-corrected chi connectivity index (χ1v) is 11.2. The molecule has 34 heavy (non-hydrogen) atoms. The fourth-order valence-electron chi connectivity index (χ4n) is 4.97. The quantitative estimate of drug-likeness (QED) is 0.468. The lowest BCUT2D eigenvalue weighted by atomic mass is 9.68. The molecule has 3 aromatic rings. The van der Waals surface area contributed by atoms with Crippen LogP contribution in [0.2, 0.25) is 0 Å². The highest BCUT2D eigenvalue weighted by atomic mass is 16.5. The lowest BCUT2D eigenvalue weighted by Crippen LogP contribution is -2.46. The molecule has 0 radical (unpaired) electrons. The zero-order valence-corrected chi connectivity index (χ0v) is 18.6. The molecule has 0 aromatic heterocycles. The molecule has 1 heterocycles. The van der Waals surface area contributed by atoms with Crippen molar-refractivity contribution in [3.05, 3.63) is 114 Å². The summed E-state index contributed by atoms with van der Waals surface area (Å²) in [6.45, 7) is 0. The Morgan fingerprint density at radius 1 is 0.765 bits per heavy atom. The number of carbonyl (C=O) groups excluding carboxylic acids is 3. The van der Waals surface area contributed by atoms with Gasteiger partial charge in [-0.3, -0.25) is 19.8 Å². The van der Waals surface area contributed by atoms with E-state index in [1.807, 2.05) is 72.8 Å². The summed E-state index contributed by atoms with van der Waals surface area (Å²) in [4.78, 5) is 40.2. The van der Waals surface area contributed by atoms with E-state index < -0.39 is 29.6 Å². The number of benzene rings is 3. The van der Waals surface area contributed by atoms with E-state index >= 15 is 0 Å². The lowest BCUT2D eigenvalue weighted by molar-refractivity contribution is -0.142. The number of carbonyl (C=O) groups is 3. The molecule has 3 aromatic carbocycles. The van der Waals surface area contributed by atoms with E-state index in [1.165, 1.54) is 7.11 Å². The lowest BCUT2D eigenvalue weighted by Gasteiger charge is -2.32. The summed E-state index contributed by atoms with van der Waals surface area (Å²) in [6, 6.07) is 25.9. The normalized spacial score (nSPS) is 23.5. The summed E-state index contributed by atoms with van der Waals surface area (Å²) in [7, 11) is 1.51. The molecule has 170 valence electrons. The van der Waals surface area contributed by atoms with E-state index in [9.17, 15) is 14.4 Å². The number of hydrogen-bond donors (Lipinski definition) is 1. The molecule has 6 nitrogen and oxygen atoms in total. The van der Waals surface area contributed by atoms with Gasteiger partial charge in [0.05, 0.1) is 18.9 Å². The molecule has 1 N–H and O–H groups in total. The van der Waals surface area contributed by atoms with Gasteiger partial charge in [0.25, 0.3) is 17.7 Å². The maximum atomic E-state index is 13.6. The number of imide groups is 1. The van der Waals surface area contributed by atoms with Crippen LogP contribution >= 0.6 is 0 Å². The van der Waals surface area contributed by atoms with Gasteiger partial charge < -0.3 is 4.74 Å². The van der Waals surface area contributed by atoms with Crippen LogP contribution in [0.1, 0.15) is 33.3 Å². The van der Waals surface area contributed by atoms with E-state index in [2.05, 4.69) is 5.43 Å². The summed E-state index contributed by atoms with van der Waals surface area (Å²) < 4.78 is 5.18. The Hall–Kier alpha value is -4.19. The van der Waals surface area contributed by atoms with Gasteiger partial charge in [0.15, 0.2) is 0 Å². The smallest absolute Gasteiger partial charge is 0.270 e. The average Bonchev–Trinajstić information content (AvgIpc) is 3.14. The van der Waals surface area contributed by atoms with Crippen molar-refractivity contribution in [2.45, 2.75) is 11.8 Å². The highest BCUT2D eigenvalue weighted by Gasteiger charge is 2.55. The minimum atomic E-state index is -0.615. The Bertz CT molecular complexity index is 1190. The van der Waals surface area contributed by atoms with Crippen LogP contribution < -0.4 is 10.2 Å². The molecule has 0 saturated carbocycles. The molecule has 2 aliphatic rings. The first-order chi connectivity index (χ1) is 16.6. The Morgan fingerprint density at radius 2 is 1.29 bits per heavy atom. The predicted molar refractivity (Wildman–Crippen MR) is 127 cm³/mol. The molecule has 1 saturated heterocycles. The Kier molecular flexibility index (Phi) is 5.72. The van der Waals surface area contributed by atoms with Gasteiger partial charge >= 0.3 is 0 Å². The second kappa shape index (κ2) is 8.98. The average molecular weight is 453 g/mol. The molecule has 0 unspecified atom stereocenters. The van der Waals surface area contributed by atoms with Crippen LogP contribution in [-0.2, 0) is 9.59 Å². The third-order valence-electron chi connectivity index (χ3n) is 6.61. The number of rotatable bonds is 5. The van der Waals surface area contributed by atoms with Crippen LogP contribution in [0.25, 0.3) is 0 Å². The van der Waals surface area contributed by atoms with Crippen molar-refractivity contribution in [1.29, 1.82) is 0 Å². The predicted octanol–water partition coefficient (Wildman–Crippen LogP) is 4.08. The van der Waals surface area contributed by atoms with Crippen molar-refractivity contribution in [1.82, 2.24) is 10.4 Å². The van der Waals surface area contributed by atoms with Crippen molar-refractivity contribution >= 4 is 17.7 Å². The highest BCUT2D eigenvalue weighted by molar-refractivity contribution is 6.09. The van der Waals surface area contributed by atoms with Gasteiger partial charge in [-0.25, -0.2) is 0 Å². The Labute approximate surface area is 197 Å². The number of amides is 3. The van der Waals surface area contributed by atoms with E-state index in [0.29, 0.717) is 11.3 Å². The first kappa shape index (κ1) is 21.6.